The molecule has 2 aromatic rings. The molecule has 2 aromatic carbocycles. The molecule has 0 radical (unpaired) electrons. The van der Waals surface area contributed by atoms with Crippen LogP contribution in [-0.2, 0) is 4.79 Å². The highest BCUT2D eigenvalue weighted by Gasteiger charge is 2.25. The molecule has 22 heavy (non-hydrogen) atoms. The summed E-state index contributed by atoms with van der Waals surface area (Å²) in [5.41, 5.74) is 2.76. The first-order valence-electron chi connectivity index (χ1n) is 7.02. The lowest BCUT2D eigenvalue weighted by molar-refractivity contribution is -0.110. The summed E-state index contributed by atoms with van der Waals surface area (Å²) in [4.78, 5) is 11.9. The summed E-state index contributed by atoms with van der Waals surface area (Å²) >= 11 is 0. The van der Waals surface area contributed by atoms with Gasteiger partial charge in [-0.1, -0.05) is 18.2 Å². The minimum absolute atomic E-state index is 0.231. The number of benzene rings is 2. The van der Waals surface area contributed by atoms with Crippen LogP contribution in [0, 0.1) is 0 Å². The molecule has 110 valence electrons. The average molecular weight is 293 g/mol. The van der Waals surface area contributed by atoms with Crippen molar-refractivity contribution in [1.29, 1.82) is 0 Å². The van der Waals surface area contributed by atoms with Gasteiger partial charge in [0.1, 0.15) is 5.75 Å². The van der Waals surface area contributed by atoms with Crippen molar-refractivity contribution < 1.29 is 9.53 Å². The number of carbonyl (C=O) groups excluding carboxylic acids is 1. The Morgan fingerprint density at radius 1 is 1.14 bits per heavy atom. The number of nitrogens with one attached hydrogen (secondary N) is 1. The first-order valence-corrected chi connectivity index (χ1v) is 7.02. The number of rotatable bonds is 4. The lowest BCUT2D eigenvalue weighted by atomic mass is 10.1. The zero-order valence-corrected chi connectivity index (χ0v) is 12.1. The van der Waals surface area contributed by atoms with E-state index in [1.165, 1.54) is 0 Å². The third-order valence-corrected chi connectivity index (χ3v) is 3.20. The van der Waals surface area contributed by atoms with Crippen molar-refractivity contribution >= 4 is 23.5 Å². The molecule has 0 aliphatic carbocycles. The van der Waals surface area contributed by atoms with Gasteiger partial charge in [0.15, 0.2) is 5.71 Å². The van der Waals surface area contributed by atoms with Crippen molar-refractivity contribution in [2.45, 2.75) is 6.92 Å². The molecule has 1 N–H and O–H groups in total. The number of fused-ring (bicyclic) bond motifs is 1. The number of nitrogens with zero attached hydrogens (tertiary/aromatic N) is 2. The van der Waals surface area contributed by atoms with Crippen molar-refractivity contribution in [1.82, 2.24) is 0 Å². The number of amides is 1. The van der Waals surface area contributed by atoms with Crippen LogP contribution in [0.15, 0.2) is 58.7 Å². The lowest BCUT2D eigenvalue weighted by Gasteiger charge is -2.01. The second kappa shape index (κ2) is 6.22. The Morgan fingerprint density at radius 2 is 1.91 bits per heavy atom. The van der Waals surface area contributed by atoms with Gasteiger partial charge in [-0.05, 0) is 42.8 Å². The predicted octanol–water partition coefficient (Wildman–Crippen LogP) is 2.86. The highest BCUT2D eigenvalue weighted by Crippen LogP contribution is 2.22. The Kier molecular flexibility index (Phi) is 3.96. The maximum absolute atomic E-state index is 11.9. The number of hydrogen-bond donors (Lipinski definition) is 1. The Bertz CT molecular complexity index is 749. The van der Waals surface area contributed by atoms with E-state index >= 15 is 0 Å². The average Bonchev–Trinajstić information content (AvgIpc) is 2.85. The summed E-state index contributed by atoms with van der Waals surface area (Å²) < 4.78 is 5.37. The number of ether oxygens (including phenoxy) is 1. The van der Waals surface area contributed by atoms with Crippen LogP contribution in [0.1, 0.15) is 18.1 Å². The molecule has 1 aliphatic rings. The van der Waals surface area contributed by atoms with Gasteiger partial charge < -0.3 is 10.1 Å². The topological polar surface area (TPSA) is 63.1 Å². The Labute approximate surface area is 128 Å². The van der Waals surface area contributed by atoms with Gasteiger partial charge in [0.05, 0.1) is 18.5 Å². The molecule has 0 aromatic heterocycles. The van der Waals surface area contributed by atoms with Crippen LogP contribution in [0.4, 0.5) is 5.69 Å². The molecule has 5 heteroatoms. The summed E-state index contributed by atoms with van der Waals surface area (Å²) in [6.07, 6.45) is 1.61. The quantitative estimate of drug-likeness (QED) is 0.696. The van der Waals surface area contributed by atoms with Crippen molar-refractivity contribution in [2.24, 2.45) is 10.2 Å². The second-order valence-corrected chi connectivity index (χ2v) is 4.69. The predicted molar refractivity (Wildman–Crippen MR) is 86.8 cm³/mol. The molecule has 0 fully saturated rings. The van der Waals surface area contributed by atoms with Gasteiger partial charge in [0.25, 0.3) is 5.91 Å². The smallest absolute Gasteiger partial charge is 0.276 e. The minimum atomic E-state index is -0.231. The van der Waals surface area contributed by atoms with Gasteiger partial charge in [0, 0.05) is 5.56 Å². The van der Waals surface area contributed by atoms with Gasteiger partial charge in [-0.15, -0.1) is 5.10 Å². The third-order valence-electron chi connectivity index (χ3n) is 3.20. The number of para-hydroxylation sites is 1. The maximum Gasteiger partial charge on any atom is 0.276 e. The second-order valence-electron chi connectivity index (χ2n) is 4.69. The fourth-order valence-corrected chi connectivity index (χ4v) is 2.17. The summed E-state index contributed by atoms with van der Waals surface area (Å²) in [5.74, 6) is 0.583. The van der Waals surface area contributed by atoms with Crippen LogP contribution in [0.25, 0.3) is 0 Å². The first kappa shape index (κ1) is 14.0. The van der Waals surface area contributed by atoms with E-state index in [0.29, 0.717) is 12.3 Å². The zero-order valence-electron chi connectivity index (χ0n) is 12.1. The SMILES string of the molecule is CCOc1ccc(C=NN=C2C(=O)Nc3ccccc32)cc1. The number of carbonyl (C=O) groups is 1. The largest absolute Gasteiger partial charge is 0.494 e. The van der Waals surface area contributed by atoms with E-state index in [9.17, 15) is 4.79 Å². The number of anilines is 1. The molecule has 1 amide bonds. The van der Waals surface area contributed by atoms with E-state index in [0.717, 1.165) is 22.6 Å². The van der Waals surface area contributed by atoms with E-state index < -0.39 is 0 Å². The van der Waals surface area contributed by atoms with E-state index in [-0.39, 0.29) is 5.91 Å². The molecular weight excluding hydrogens is 278 g/mol. The van der Waals surface area contributed by atoms with E-state index in [2.05, 4.69) is 15.5 Å². The van der Waals surface area contributed by atoms with Crippen molar-refractivity contribution in [3.8, 4) is 5.75 Å². The van der Waals surface area contributed by atoms with E-state index in [1.807, 2.05) is 55.5 Å². The van der Waals surface area contributed by atoms with Crippen LogP contribution in [0.3, 0.4) is 0 Å². The molecule has 0 saturated heterocycles. The molecule has 0 bridgehead atoms. The minimum Gasteiger partial charge on any atom is -0.494 e. The first-order chi connectivity index (χ1) is 10.8. The molecule has 3 rings (SSSR count). The zero-order chi connectivity index (χ0) is 15.4. The molecule has 1 heterocycles. The van der Waals surface area contributed by atoms with Crippen LogP contribution in [0.2, 0.25) is 0 Å². The Hall–Kier alpha value is -2.95. The molecular formula is C17H15N3O2. The fraction of sp³-hybridized carbons (Fsp3) is 0.118. The molecule has 1 aliphatic heterocycles. The summed E-state index contributed by atoms with van der Waals surface area (Å²) in [5, 5.41) is 10.8. The standard InChI is InChI=1S/C17H15N3O2/c1-2-22-13-9-7-12(8-10-13)11-18-20-16-14-5-3-4-6-15(14)19-17(16)21/h3-11H,2H2,1H3,(H,19,20,21). The van der Waals surface area contributed by atoms with Crippen molar-refractivity contribution in [3.63, 3.8) is 0 Å². The van der Waals surface area contributed by atoms with Gasteiger partial charge in [-0.2, -0.15) is 5.10 Å². The summed E-state index contributed by atoms with van der Waals surface area (Å²) in [7, 11) is 0. The van der Waals surface area contributed by atoms with E-state index in [1.54, 1.807) is 6.21 Å². The Balaban J connectivity index is 1.77. The summed E-state index contributed by atoms with van der Waals surface area (Å²) in [6.45, 7) is 2.57. The highest BCUT2D eigenvalue weighted by molar-refractivity contribution is 6.53. The molecule has 0 saturated carbocycles. The maximum atomic E-state index is 11.9. The van der Waals surface area contributed by atoms with Gasteiger partial charge in [-0.3, -0.25) is 4.79 Å². The Morgan fingerprint density at radius 3 is 2.68 bits per heavy atom. The lowest BCUT2D eigenvalue weighted by Crippen LogP contribution is -2.13. The molecule has 0 unspecified atom stereocenters. The third kappa shape index (κ3) is 2.88. The van der Waals surface area contributed by atoms with Crippen LogP contribution >= 0.6 is 0 Å². The van der Waals surface area contributed by atoms with Gasteiger partial charge in [0.2, 0.25) is 0 Å². The van der Waals surface area contributed by atoms with Crippen LogP contribution < -0.4 is 10.1 Å². The van der Waals surface area contributed by atoms with Crippen molar-refractivity contribution in [3.05, 3.63) is 59.7 Å². The monoisotopic (exact) mass is 293 g/mol. The highest BCUT2D eigenvalue weighted by atomic mass is 16.5. The fourth-order valence-electron chi connectivity index (χ4n) is 2.17. The summed E-state index contributed by atoms with van der Waals surface area (Å²) in [6, 6.07) is 14.9. The van der Waals surface area contributed by atoms with E-state index in [4.69, 9.17) is 4.74 Å². The van der Waals surface area contributed by atoms with Gasteiger partial charge >= 0.3 is 0 Å². The normalized spacial score (nSPS) is 15.1. The number of hydrogen-bond acceptors (Lipinski definition) is 4. The molecule has 5 nitrogen and oxygen atoms in total. The van der Waals surface area contributed by atoms with Gasteiger partial charge in [-0.25, -0.2) is 0 Å². The van der Waals surface area contributed by atoms with Crippen LogP contribution in [-0.4, -0.2) is 24.4 Å². The molecule has 0 atom stereocenters. The van der Waals surface area contributed by atoms with Crippen LogP contribution in [0.5, 0.6) is 5.75 Å². The van der Waals surface area contributed by atoms with Crippen molar-refractivity contribution in [2.75, 3.05) is 11.9 Å². The molecule has 0 spiro atoms.